The van der Waals surface area contributed by atoms with Gasteiger partial charge in [-0.15, -0.1) is 0 Å². The predicted molar refractivity (Wildman–Crippen MR) is 76.4 cm³/mol. The molecule has 1 saturated carbocycles. The molecule has 0 aromatic rings. The van der Waals surface area contributed by atoms with E-state index in [9.17, 15) is 0 Å². The smallest absolute Gasteiger partial charge is 0.0110 e. The van der Waals surface area contributed by atoms with Crippen molar-refractivity contribution in [1.82, 2.24) is 10.2 Å². The minimum atomic E-state index is 0.802. The predicted octanol–water partition coefficient (Wildman–Crippen LogP) is 3.13. The lowest BCUT2D eigenvalue weighted by Crippen LogP contribution is -2.36. The molecule has 0 aromatic carbocycles. The lowest BCUT2D eigenvalue weighted by molar-refractivity contribution is 0.234. The highest BCUT2D eigenvalue weighted by Gasteiger charge is 2.28. The molecule has 1 aliphatic rings. The van der Waals surface area contributed by atoms with Crippen LogP contribution in [0, 0.1) is 11.8 Å². The van der Waals surface area contributed by atoms with Gasteiger partial charge in [-0.25, -0.2) is 0 Å². The second-order valence-electron chi connectivity index (χ2n) is 6.41. The molecule has 0 atom stereocenters. The Balaban J connectivity index is 1.99. The maximum atomic E-state index is 3.59. The van der Waals surface area contributed by atoms with Gasteiger partial charge in [0.25, 0.3) is 0 Å². The largest absolute Gasteiger partial charge is 0.315 e. The fourth-order valence-corrected chi connectivity index (χ4v) is 2.31. The van der Waals surface area contributed by atoms with Crippen LogP contribution < -0.4 is 5.32 Å². The van der Waals surface area contributed by atoms with Gasteiger partial charge in [0.2, 0.25) is 0 Å². The molecule has 0 bridgehead atoms. The molecular formula is C15H32N2. The summed E-state index contributed by atoms with van der Waals surface area (Å²) in [5.74, 6) is 1.65. The zero-order chi connectivity index (χ0) is 12.7. The molecule has 1 rings (SSSR count). The van der Waals surface area contributed by atoms with Crippen molar-refractivity contribution in [3.05, 3.63) is 0 Å². The van der Waals surface area contributed by atoms with Gasteiger partial charge in [0, 0.05) is 25.7 Å². The molecule has 0 radical (unpaired) electrons. The molecular weight excluding hydrogens is 208 g/mol. The Bertz CT molecular complexity index is 185. The van der Waals surface area contributed by atoms with Crippen molar-refractivity contribution in [2.75, 3.05) is 26.2 Å². The zero-order valence-electron chi connectivity index (χ0n) is 12.3. The number of nitrogens with one attached hydrogen (secondary N) is 1. The van der Waals surface area contributed by atoms with Crippen molar-refractivity contribution in [2.45, 2.75) is 59.4 Å². The van der Waals surface area contributed by atoms with Gasteiger partial charge in [-0.3, -0.25) is 4.90 Å². The SMILES string of the molecule is CC(C)CCCNCCN(CC(C)C)C1CC1. The Morgan fingerprint density at radius 3 is 2.29 bits per heavy atom. The van der Waals surface area contributed by atoms with Crippen LogP contribution in [0.25, 0.3) is 0 Å². The quantitative estimate of drug-likeness (QED) is 0.590. The van der Waals surface area contributed by atoms with Crippen LogP contribution in [0.2, 0.25) is 0 Å². The van der Waals surface area contributed by atoms with E-state index in [-0.39, 0.29) is 0 Å². The molecule has 1 aliphatic carbocycles. The fraction of sp³-hybridized carbons (Fsp3) is 1.00. The van der Waals surface area contributed by atoms with Crippen LogP contribution in [0.3, 0.4) is 0 Å². The molecule has 2 nitrogen and oxygen atoms in total. The van der Waals surface area contributed by atoms with Crippen LogP contribution in [0.1, 0.15) is 53.4 Å². The van der Waals surface area contributed by atoms with Crippen molar-refractivity contribution in [1.29, 1.82) is 0 Å². The summed E-state index contributed by atoms with van der Waals surface area (Å²) in [6.45, 7) is 14.1. The van der Waals surface area contributed by atoms with E-state index in [0.29, 0.717) is 0 Å². The maximum absolute atomic E-state index is 3.59. The first kappa shape index (κ1) is 15.0. The Labute approximate surface area is 108 Å². The van der Waals surface area contributed by atoms with E-state index < -0.39 is 0 Å². The van der Waals surface area contributed by atoms with Crippen LogP contribution in [0.15, 0.2) is 0 Å². The van der Waals surface area contributed by atoms with Crippen LogP contribution >= 0.6 is 0 Å². The third-order valence-electron chi connectivity index (χ3n) is 3.37. The average Bonchev–Trinajstić information content (AvgIpc) is 3.03. The van der Waals surface area contributed by atoms with Crippen molar-refractivity contribution >= 4 is 0 Å². The third kappa shape index (κ3) is 7.77. The molecule has 0 spiro atoms. The Morgan fingerprint density at radius 1 is 1.06 bits per heavy atom. The summed E-state index contributed by atoms with van der Waals surface area (Å²) in [7, 11) is 0. The van der Waals surface area contributed by atoms with Gasteiger partial charge in [0.05, 0.1) is 0 Å². The molecule has 0 aliphatic heterocycles. The Morgan fingerprint density at radius 2 is 1.76 bits per heavy atom. The monoisotopic (exact) mass is 240 g/mol. The standard InChI is InChI=1S/C15H32N2/c1-13(2)6-5-9-16-10-11-17(12-14(3)4)15-7-8-15/h13-16H,5-12H2,1-4H3. The van der Waals surface area contributed by atoms with Crippen molar-refractivity contribution in [2.24, 2.45) is 11.8 Å². The van der Waals surface area contributed by atoms with E-state index in [1.165, 1.54) is 51.9 Å². The third-order valence-corrected chi connectivity index (χ3v) is 3.37. The topological polar surface area (TPSA) is 15.3 Å². The van der Waals surface area contributed by atoms with Crippen LogP contribution in [0.5, 0.6) is 0 Å². The molecule has 1 N–H and O–H groups in total. The molecule has 0 heterocycles. The first-order valence-corrected chi connectivity index (χ1v) is 7.54. The van der Waals surface area contributed by atoms with Gasteiger partial charge >= 0.3 is 0 Å². The molecule has 2 heteroatoms. The van der Waals surface area contributed by atoms with Gasteiger partial charge < -0.3 is 5.32 Å². The van der Waals surface area contributed by atoms with Crippen LogP contribution in [-0.2, 0) is 0 Å². The van der Waals surface area contributed by atoms with E-state index in [1.807, 2.05) is 0 Å². The lowest BCUT2D eigenvalue weighted by Gasteiger charge is -2.24. The van der Waals surface area contributed by atoms with Crippen molar-refractivity contribution in [3.8, 4) is 0 Å². The summed E-state index contributed by atoms with van der Waals surface area (Å²) in [6.07, 6.45) is 5.54. The molecule has 102 valence electrons. The molecule has 0 unspecified atom stereocenters. The molecule has 0 amide bonds. The van der Waals surface area contributed by atoms with E-state index in [4.69, 9.17) is 0 Å². The number of rotatable bonds is 10. The number of nitrogens with zero attached hydrogens (tertiary/aromatic N) is 1. The summed E-state index contributed by atoms with van der Waals surface area (Å²) in [5.41, 5.74) is 0. The second-order valence-corrected chi connectivity index (χ2v) is 6.41. The molecule has 1 fully saturated rings. The van der Waals surface area contributed by atoms with Gasteiger partial charge in [0.1, 0.15) is 0 Å². The molecule has 0 saturated heterocycles. The van der Waals surface area contributed by atoms with Gasteiger partial charge in [-0.05, 0) is 44.1 Å². The van der Waals surface area contributed by atoms with Crippen molar-refractivity contribution < 1.29 is 0 Å². The number of hydrogen-bond donors (Lipinski definition) is 1. The van der Waals surface area contributed by atoms with Gasteiger partial charge in [-0.2, -0.15) is 0 Å². The van der Waals surface area contributed by atoms with E-state index in [1.54, 1.807) is 0 Å². The van der Waals surface area contributed by atoms with Gasteiger partial charge in [0.15, 0.2) is 0 Å². The van der Waals surface area contributed by atoms with Crippen LogP contribution in [0.4, 0.5) is 0 Å². The lowest BCUT2D eigenvalue weighted by atomic mass is 10.1. The minimum Gasteiger partial charge on any atom is -0.315 e. The summed E-state index contributed by atoms with van der Waals surface area (Å²) in [4.78, 5) is 2.68. The summed E-state index contributed by atoms with van der Waals surface area (Å²) < 4.78 is 0. The van der Waals surface area contributed by atoms with Crippen LogP contribution in [-0.4, -0.2) is 37.1 Å². The zero-order valence-corrected chi connectivity index (χ0v) is 12.3. The Hall–Kier alpha value is -0.0800. The summed E-state index contributed by atoms with van der Waals surface area (Å²) >= 11 is 0. The number of hydrogen-bond acceptors (Lipinski definition) is 2. The summed E-state index contributed by atoms with van der Waals surface area (Å²) in [5, 5.41) is 3.59. The maximum Gasteiger partial charge on any atom is 0.0110 e. The van der Waals surface area contributed by atoms with E-state index >= 15 is 0 Å². The normalized spacial score (nSPS) is 16.4. The highest BCUT2D eigenvalue weighted by Crippen LogP contribution is 2.26. The second kappa shape index (κ2) is 8.10. The van der Waals surface area contributed by atoms with Crippen molar-refractivity contribution in [3.63, 3.8) is 0 Å². The highest BCUT2D eigenvalue weighted by molar-refractivity contribution is 4.85. The molecule has 17 heavy (non-hydrogen) atoms. The first-order valence-electron chi connectivity index (χ1n) is 7.54. The van der Waals surface area contributed by atoms with E-state index in [2.05, 4.69) is 37.9 Å². The van der Waals surface area contributed by atoms with E-state index in [0.717, 1.165) is 17.9 Å². The average molecular weight is 240 g/mol. The van der Waals surface area contributed by atoms with Gasteiger partial charge in [-0.1, -0.05) is 27.7 Å². The fourth-order valence-electron chi connectivity index (χ4n) is 2.31. The molecule has 0 aromatic heterocycles. The Kier molecular flexibility index (Phi) is 7.14. The minimum absolute atomic E-state index is 0.802. The highest BCUT2D eigenvalue weighted by atomic mass is 15.2. The first-order chi connectivity index (χ1) is 8.09. The summed E-state index contributed by atoms with van der Waals surface area (Å²) in [6, 6.07) is 0.912.